The Morgan fingerprint density at radius 1 is 1.29 bits per heavy atom. The van der Waals surface area contributed by atoms with Gasteiger partial charge in [-0.15, -0.1) is 0 Å². The third kappa shape index (κ3) is 1.78. The summed E-state index contributed by atoms with van der Waals surface area (Å²) < 4.78 is 6.96. The number of carbonyl (C=O) groups is 1. The maximum atomic E-state index is 12.3. The first kappa shape index (κ1) is 10.3. The van der Waals surface area contributed by atoms with Crippen LogP contribution in [0.25, 0.3) is 5.52 Å². The van der Waals surface area contributed by atoms with Gasteiger partial charge in [-0.3, -0.25) is 4.79 Å². The van der Waals surface area contributed by atoms with Crippen LogP contribution in [0.2, 0.25) is 0 Å². The Hall–Kier alpha value is -1.88. The Labute approximate surface area is 98.6 Å². The van der Waals surface area contributed by atoms with E-state index < -0.39 is 0 Å². The van der Waals surface area contributed by atoms with Crippen molar-refractivity contribution in [1.82, 2.24) is 14.5 Å². The summed E-state index contributed by atoms with van der Waals surface area (Å²) in [7, 11) is 0. The molecule has 88 valence electrons. The molecule has 0 aliphatic carbocycles. The third-order valence-corrected chi connectivity index (χ3v) is 2.96. The molecule has 0 saturated carbocycles. The number of amides is 1. The molecule has 1 fully saturated rings. The average Bonchev–Trinajstić information content (AvgIpc) is 2.83. The molecule has 1 amide bonds. The van der Waals surface area contributed by atoms with E-state index in [1.165, 1.54) is 0 Å². The first-order chi connectivity index (χ1) is 8.36. The van der Waals surface area contributed by atoms with Gasteiger partial charge in [-0.25, -0.2) is 4.52 Å². The Bertz CT molecular complexity index is 543. The van der Waals surface area contributed by atoms with Gasteiger partial charge in [-0.2, -0.15) is 5.10 Å². The van der Waals surface area contributed by atoms with E-state index in [0.717, 1.165) is 5.52 Å². The summed E-state index contributed by atoms with van der Waals surface area (Å²) in [6.07, 6.45) is 3.47. The maximum Gasteiger partial charge on any atom is 0.257 e. The highest BCUT2D eigenvalue weighted by atomic mass is 16.5. The highest BCUT2D eigenvalue weighted by Gasteiger charge is 2.21. The third-order valence-electron chi connectivity index (χ3n) is 2.96. The van der Waals surface area contributed by atoms with Crippen LogP contribution < -0.4 is 0 Å². The van der Waals surface area contributed by atoms with Crippen LogP contribution in [0.15, 0.2) is 30.6 Å². The van der Waals surface area contributed by atoms with Crippen LogP contribution in [0.4, 0.5) is 0 Å². The van der Waals surface area contributed by atoms with Crippen molar-refractivity contribution < 1.29 is 9.53 Å². The molecule has 0 bridgehead atoms. The molecule has 3 rings (SSSR count). The molecule has 2 aromatic rings. The van der Waals surface area contributed by atoms with E-state index in [-0.39, 0.29) is 5.91 Å². The highest BCUT2D eigenvalue weighted by Crippen LogP contribution is 2.13. The maximum absolute atomic E-state index is 12.3. The highest BCUT2D eigenvalue weighted by molar-refractivity contribution is 6.00. The Kier molecular flexibility index (Phi) is 2.53. The first-order valence-corrected chi connectivity index (χ1v) is 5.65. The molecule has 0 spiro atoms. The van der Waals surface area contributed by atoms with E-state index in [0.29, 0.717) is 31.9 Å². The van der Waals surface area contributed by atoms with Gasteiger partial charge >= 0.3 is 0 Å². The van der Waals surface area contributed by atoms with Crippen molar-refractivity contribution in [1.29, 1.82) is 0 Å². The van der Waals surface area contributed by atoms with Crippen molar-refractivity contribution in [2.24, 2.45) is 0 Å². The van der Waals surface area contributed by atoms with Gasteiger partial charge in [0.15, 0.2) is 0 Å². The van der Waals surface area contributed by atoms with Gasteiger partial charge in [0.1, 0.15) is 0 Å². The number of morpholine rings is 1. The number of fused-ring (bicyclic) bond motifs is 1. The zero-order valence-electron chi connectivity index (χ0n) is 9.37. The first-order valence-electron chi connectivity index (χ1n) is 5.65. The van der Waals surface area contributed by atoms with Gasteiger partial charge in [-0.05, 0) is 12.1 Å². The second kappa shape index (κ2) is 4.18. The number of hydrogen-bond acceptors (Lipinski definition) is 3. The summed E-state index contributed by atoms with van der Waals surface area (Å²) in [5.41, 5.74) is 1.51. The van der Waals surface area contributed by atoms with Crippen molar-refractivity contribution in [2.75, 3.05) is 26.3 Å². The lowest BCUT2D eigenvalue weighted by molar-refractivity contribution is 0.0304. The molecule has 0 unspecified atom stereocenters. The molecule has 5 nitrogen and oxygen atoms in total. The van der Waals surface area contributed by atoms with E-state index in [2.05, 4.69) is 5.10 Å². The number of pyridine rings is 1. The molecular formula is C12H13N3O2. The summed E-state index contributed by atoms with van der Waals surface area (Å²) >= 11 is 0. The molecule has 1 saturated heterocycles. The molecule has 17 heavy (non-hydrogen) atoms. The fourth-order valence-electron chi connectivity index (χ4n) is 2.04. The largest absolute Gasteiger partial charge is 0.378 e. The lowest BCUT2D eigenvalue weighted by Gasteiger charge is -2.26. The molecule has 1 aliphatic heterocycles. The molecule has 1 aliphatic rings. The monoisotopic (exact) mass is 231 g/mol. The van der Waals surface area contributed by atoms with Gasteiger partial charge < -0.3 is 9.64 Å². The van der Waals surface area contributed by atoms with Crippen molar-refractivity contribution in [3.8, 4) is 0 Å². The zero-order valence-corrected chi connectivity index (χ0v) is 9.37. The summed E-state index contributed by atoms with van der Waals surface area (Å²) in [5, 5.41) is 4.17. The van der Waals surface area contributed by atoms with Gasteiger partial charge in [0.25, 0.3) is 5.91 Å². The average molecular weight is 231 g/mol. The Morgan fingerprint density at radius 2 is 2.12 bits per heavy atom. The van der Waals surface area contributed by atoms with E-state index in [4.69, 9.17) is 4.74 Å². The molecule has 3 heterocycles. The van der Waals surface area contributed by atoms with Gasteiger partial charge in [0.05, 0.1) is 30.5 Å². The predicted octanol–water partition coefficient (Wildman–Crippen LogP) is 0.807. The van der Waals surface area contributed by atoms with E-state index >= 15 is 0 Å². The predicted molar refractivity (Wildman–Crippen MR) is 61.9 cm³/mol. The number of rotatable bonds is 1. The Morgan fingerprint density at radius 3 is 2.94 bits per heavy atom. The summed E-state index contributed by atoms with van der Waals surface area (Å²) in [5.74, 6) is 0.0366. The van der Waals surface area contributed by atoms with E-state index in [1.54, 1.807) is 10.7 Å². The molecular weight excluding hydrogens is 218 g/mol. The van der Waals surface area contributed by atoms with E-state index in [1.807, 2.05) is 29.3 Å². The lowest BCUT2D eigenvalue weighted by Crippen LogP contribution is -2.40. The van der Waals surface area contributed by atoms with Gasteiger partial charge in [0.2, 0.25) is 0 Å². The van der Waals surface area contributed by atoms with Crippen LogP contribution in [0.1, 0.15) is 10.4 Å². The van der Waals surface area contributed by atoms with Crippen LogP contribution in [-0.4, -0.2) is 46.7 Å². The second-order valence-corrected chi connectivity index (χ2v) is 3.99. The number of aromatic nitrogens is 2. The molecule has 0 radical (unpaired) electrons. The molecule has 0 aromatic carbocycles. The number of carbonyl (C=O) groups excluding carboxylic acids is 1. The number of hydrogen-bond donors (Lipinski definition) is 0. The molecule has 5 heteroatoms. The topological polar surface area (TPSA) is 46.8 Å². The Balaban J connectivity index is 1.95. The van der Waals surface area contributed by atoms with Gasteiger partial charge in [0, 0.05) is 19.3 Å². The van der Waals surface area contributed by atoms with Crippen molar-refractivity contribution in [3.63, 3.8) is 0 Å². The lowest BCUT2D eigenvalue weighted by atomic mass is 10.2. The fraction of sp³-hybridized carbons (Fsp3) is 0.333. The zero-order chi connectivity index (χ0) is 11.7. The second-order valence-electron chi connectivity index (χ2n) is 3.99. The molecule has 0 N–H and O–H groups in total. The van der Waals surface area contributed by atoms with Crippen LogP contribution in [0.5, 0.6) is 0 Å². The molecule has 2 aromatic heterocycles. The summed E-state index contributed by atoms with van der Waals surface area (Å²) in [4.78, 5) is 14.1. The fourth-order valence-corrected chi connectivity index (χ4v) is 2.04. The SMILES string of the molecule is O=C(c1cnn2ccccc12)N1CCOCC1. The standard InChI is InChI=1S/C12H13N3O2/c16-12(14-5-7-17-8-6-14)10-9-13-15-4-2-1-3-11(10)15/h1-4,9H,5-8H2. The van der Waals surface area contributed by atoms with Crippen LogP contribution in [0, 0.1) is 0 Å². The minimum Gasteiger partial charge on any atom is -0.378 e. The van der Waals surface area contributed by atoms with Crippen molar-refractivity contribution >= 4 is 11.4 Å². The summed E-state index contributed by atoms with van der Waals surface area (Å²) in [6.45, 7) is 2.54. The normalized spacial score (nSPS) is 16.4. The summed E-state index contributed by atoms with van der Waals surface area (Å²) in [6, 6.07) is 5.71. The van der Waals surface area contributed by atoms with E-state index in [9.17, 15) is 4.79 Å². The number of nitrogens with zero attached hydrogens (tertiary/aromatic N) is 3. The van der Waals surface area contributed by atoms with Crippen LogP contribution >= 0.6 is 0 Å². The minimum atomic E-state index is 0.0366. The van der Waals surface area contributed by atoms with Crippen LogP contribution in [0.3, 0.4) is 0 Å². The van der Waals surface area contributed by atoms with Gasteiger partial charge in [-0.1, -0.05) is 6.07 Å². The molecule has 0 atom stereocenters. The minimum absolute atomic E-state index is 0.0366. The van der Waals surface area contributed by atoms with Crippen molar-refractivity contribution in [3.05, 3.63) is 36.2 Å². The quantitative estimate of drug-likeness (QED) is 0.729. The van der Waals surface area contributed by atoms with Crippen LogP contribution in [-0.2, 0) is 4.74 Å². The smallest absolute Gasteiger partial charge is 0.257 e. The number of ether oxygens (including phenoxy) is 1. The van der Waals surface area contributed by atoms with Crippen molar-refractivity contribution in [2.45, 2.75) is 0 Å².